The second-order valence-electron chi connectivity index (χ2n) is 6.65. The van der Waals surface area contributed by atoms with Crippen LogP contribution in [0, 0.1) is 6.92 Å². The summed E-state index contributed by atoms with van der Waals surface area (Å²) in [5.41, 5.74) is 6.29. The zero-order valence-electron chi connectivity index (χ0n) is 14.1. The van der Waals surface area contributed by atoms with Crippen LogP contribution >= 0.6 is 0 Å². The van der Waals surface area contributed by atoms with Crippen molar-refractivity contribution in [2.24, 2.45) is 0 Å². The van der Waals surface area contributed by atoms with Gasteiger partial charge in [-0.25, -0.2) is 4.42 Å². The van der Waals surface area contributed by atoms with Crippen molar-refractivity contribution >= 4 is 18.3 Å². The van der Waals surface area contributed by atoms with Gasteiger partial charge in [0.1, 0.15) is 5.75 Å². The number of aromatic hydroxyl groups is 1. The quantitative estimate of drug-likeness (QED) is 0.822. The summed E-state index contributed by atoms with van der Waals surface area (Å²) in [6.45, 7) is 5.44. The Morgan fingerprint density at radius 2 is 2.08 bits per heavy atom. The molecule has 0 saturated carbocycles. The Kier molecular flexibility index (Phi) is 3.68. The summed E-state index contributed by atoms with van der Waals surface area (Å²) in [7, 11) is 0. The molecular formula is C21H20NO3+. The number of phenolic OH excluding ortho intramolecular Hbond substituents is 1. The molecule has 0 aromatic heterocycles. The molecule has 0 fully saturated rings. The maximum atomic E-state index is 12.4. The summed E-state index contributed by atoms with van der Waals surface area (Å²) >= 11 is 0. The van der Waals surface area contributed by atoms with Crippen LogP contribution in [0.2, 0.25) is 0 Å². The third kappa shape index (κ3) is 2.54. The largest absolute Gasteiger partial charge is 0.508 e. The van der Waals surface area contributed by atoms with Crippen LogP contribution in [0.5, 0.6) is 11.5 Å². The van der Waals surface area contributed by atoms with Crippen molar-refractivity contribution in [2.75, 3.05) is 0 Å². The predicted molar refractivity (Wildman–Crippen MR) is 96.6 cm³/mol. The number of hydrogen-bond donors (Lipinski definition) is 2. The normalized spacial score (nSPS) is 19.1. The Hall–Kier alpha value is -2.88. The molecule has 4 rings (SSSR count). The molecule has 2 aliphatic rings. The van der Waals surface area contributed by atoms with Gasteiger partial charge in [-0.05, 0) is 60.2 Å². The van der Waals surface area contributed by atoms with Gasteiger partial charge in [0, 0.05) is 11.6 Å². The molecule has 4 nitrogen and oxygen atoms in total. The zero-order chi connectivity index (χ0) is 17.6. The van der Waals surface area contributed by atoms with Gasteiger partial charge in [-0.2, -0.15) is 0 Å². The van der Waals surface area contributed by atoms with Gasteiger partial charge in [0.25, 0.3) is 6.79 Å². The number of nitrogens with one attached hydrogen (secondary N) is 1. The molecule has 0 spiro atoms. The van der Waals surface area contributed by atoms with Crippen LogP contribution in [0.1, 0.15) is 41.1 Å². The molecule has 0 bridgehead atoms. The van der Waals surface area contributed by atoms with Crippen molar-refractivity contribution in [2.45, 2.75) is 32.2 Å². The van der Waals surface area contributed by atoms with E-state index in [4.69, 9.17) is 4.42 Å². The number of rotatable bonds is 2. The monoisotopic (exact) mass is 334 g/mol. The van der Waals surface area contributed by atoms with Crippen LogP contribution in [-0.4, -0.2) is 17.8 Å². The summed E-state index contributed by atoms with van der Waals surface area (Å²) < 4.78 is 5.10. The Morgan fingerprint density at radius 3 is 2.84 bits per heavy atom. The number of phenols is 1. The molecular weight excluding hydrogens is 314 g/mol. The van der Waals surface area contributed by atoms with Gasteiger partial charge in [-0.1, -0.05) is 12.1 Å². The first-order chi connectivity index (χ1) is 12.1. The minimum atomic E-state index is -0.135. The van der Waals surface area contributed by atoms with Crippen molar-refractivity contribution in [3.63, 3.8) is 0 Å². The van der Waals surface area contributed by atoms with E-state index in [1.807, 2.05) is 37.3 Å². The van der Waals surface area contributed by atoms with E-state index < -0.39 is 0 Å². The lowest BCUT2D eigenvalue weighted by Crippen LogP contribution is -2.35. The summed E-state index contributed by atoms with van der Waals surface area (Å²) in [6, 6.07) is 11.3. The molecule has 4 heteroatoms. The number of carbonyl (C=O) groups is 1. The van der Waals surface area contributed by atoms with Crippen LogP contribution in [0.4, 0.5) is 0 Å². The van der Waals surface area contributed by atoms with Crippen molar-refractivity contribution in [1.82, 2.24) is 5.32 Å². The number of fused-ring (bicyclic) bond motifs is 2. The second-order valence-corrected chi connectivity index (χ2v) is 6.65. The maximum absolute atomic E-state index is 12.4. The minimum Gasteiger partial charge on any atom is -0.508 e. The topological polar surface area (TPSA) is 60.6 Å². The molecule has 1 heterocycles. The average Bonchev–Trinajstić information content (AvgIpc) is 2.61. The van der Waals surface area contributed by atoms with Gasteiger partial charge >= 0.3 is 5.75 Å². The Labute approximate surface area is 146 Å². The average molecular weight is 334 g/mol. The van der Waals surface area contributed by atoms with Crippen LogP contribution in [-0.2, 0) is 15.6 Å². The molecule has 2 aromatic rings. The first-order valence-electron chi connectivity index (χ1n) is 8.43. The second kappa shape index (κ2) is 5.88. The van der Waals surface area contributed by atoms with Gasteiger partial charge in [-0.3, -0.25) is 4.79 Å². The molecule has 126 valence electrons. The summed E-state index contributed by atoms with van der Waals surface area (Å²) in [4.78, 5) is 12.4. The summed E-state index contributed by atoms with van der Waals surface area (Å²) in [5, 5.41) is 13.3. The standard InChI is InChI=1S/C21H19NO3/c1-12-10-13(6-9-19(12)25-2)21-16-8-7-15-14(4-3-5-18(15)23)17(16)11-20(24)22-21/h3-6,9-10,21H,2,7-8,11H2,1H3,(H-,22,23,24)/p+1. The highest BCUT2D eigenvalue weighted by Crippen LogP contribution is 2.44. The van der Waals surface area contributed by atoms with Crippen molar-refractivity contribution in [1.29, 1.82) is 0 Å². The number of hydrogen-bond acceptors (Lipinski definition) is 2. The van der Waals surface area contributed by atoms with E-state index in [0.717, 1.165) is 46.4 Å². The Balaban J connectivity index is 1.85. The number of amides is 1. The fourth-order valence-corrected chi connectivity index (χ4v) is 3.99. The van der Waals surface area contributed by atoms with Crippen LogP contribution < -0.4 is 5.32 Å². The van der Waals surface area contributed by atoms with Gasteiger partial charge in [0.05, 0.1) is 18.0 Å². The Morgan fingerprint density at radius 1 is 1.24 bits per heavy atom. The minimum absolute atomic E-state index is 0.00933. The first-order valence-corrected chi connectivity index (χ1v) is 8.43. The highest BCUT2D eigenvalue weighted by atomic mass is 16.4. The van der Waals surface area contributed by atoms with Crippen LogP contribution in [0.25, 0.3) is 5.57 Å². The molecule has 1 aliphatic heterocycles. The zero-order valence-corrected chi connectivity index (χ0v) is 14.1. The molecule has 25 heavy (non-hydrogen) atoms. The van der Waals surface area contributed by atoms with E-state index in [9.17, 15) is 9.90 Å². The predicted octanol–water partition coefficient (Wildman–Crippen LogP) is 3.74. The molecule has 1 atom stereocenters. The van der Waals surface area contributed by atoms with E-state index in [2.05, 4.69) is 12.1 Å². The van der Waals surface area contributed by atoms with Crippen LogP contribution in [0.3, 0.4) is 0 Å². The highest BCUT2D eigenvalue weighted by molar-refractivity contribution is 5.94. The van der Waals surface area contributed by atoms with E-state index in [1.165, 1.54) is 5.57 Å². The van der Waals surface area contributed by atoms with Gasteiger partial charge in [0.15, 0.2) is 0 Å². The van der Waals surface area contributed by atoms with E-state index in [1.54, 1.807) is 6.07 Å². The SMILES string of the molecule is C=[O+]c1ccc(C2NC(=O)CC3=C2CCc2c(O)cccc23)cc1C. The van der Waals surface area contributed by atoms with E-state index in [0.29, 0.717) is 12.2 Å². The van der Waals surface area contributed by atoms with E-state index in [-0.39, 0.29) is 11.9 Å². The molecule has 1 amide bonds. The number of aryl methyl sites for hydroxylation is 1. The summed E-state index contributed by atoms with van der Waals surface area (Å²) in [6.07, 6.45) is 1.98. The molecule has 1 aliphatic carbocycles. The third-order valence-electron chi connectivity index (χ3n) is 5.19. The number of carbonyl (C=O) groups excluding carboxylic acids is 2. The molecule has 0 saturated heterocycles. The molecule has 0 radical (unpaired) electrons. The lowest BCUT2D eigenvalue weighted by atomic mass is 9.77. The van der Waals surface area contributed by atoms with Crippen LogP contribution in [0.15, 0.2) is 42.0 Å². The third-order valence-corrected chi connectivity index (χ3v) is 5.19. The fraction of sp³-hybridized carbons (Fsp3) is 0.238. The van der Waals surface area contributed by atoms with Gasteiger partial charge in [0.2, 0.25) is 5.91 Å². The molecule has 2 N–H and O–H groups in total. The van der Waals surface area contributed by atoms with E-state index >= 15 is 0 Å². The first kappa shape index (κ1) is 15.6. The Bertz CT molecular complexity index is 927. The van der Waals surface area contributed by atoms with Crippen molar-refractivity contribution < 1.29 is 14.3 Å². The number of benzene rings is 2. The molecule has 2 aromatic carbocycles. The highest BCUT2D eigenvalue weighted by Gasteiger charge is 2.33. The smallest absolute Gasteiger partial charge is 0.354 e. The summed E-state index contributed by atoms with van der Waals surface area (Å²) in [5.74, 6) is 1.06. The lowest BCUT2D eigenvalue weighted by Gasteiger charge is -2.34. The van der Waals surface area contributed by atoms with Gasteiger partial charge in [-0.15, -0.1) is 0 Å². The van der Waals surface area contributed by atoms with Gasteiger partial charge < -0.3 is 10.4 Å². The van der Waals surface area contributed by atoms with Crippen molar-refractivity contribution in [3.05, 3.63) is 64.2 Å². The fourth-order valence-electron chi connectivity index (χ4n) is 3.99. The maximum Gasteiger partial charge on any atom is 0.354 e. The van der Waals surface area contributed by atoms with Crippen molar-refractivity contribution in [3.8, 4) is 11.5 Å². The molecule has 1 unspecified atom stereocenters. The lowest BCUT2D eigenvalue weighted by molar-refractivity contribution is -0.355.